The van der Waals surface area contributed by atoms with Crippen molar-refractivity contribution >= 4 is 11.7 Å². The average molecular weight is 337 g/mol. The van der Waals surface area contributed by atoms with Gasteiger partial charge in [-0.1, -0.05) is 6.07 Å². The lowest BCUT2D eigenvalue weighted by molar-refractivity contribution is 0.0946. The first-order chi connectivity index (χ1) is 12.0. The van der Waals surface area contributed by atoms with E-state index in [9.17, 15) is 4.79 Å². The van der Waals surface area contributed by atoms with Gasteiger partial charge in [0.1, 0.15) is 0 Å². The summed E-state index contributed by atoms with van der Waals surface area (Å²) in [6.07, 6.45) is 5.22. The van der Waals surface area contributed by atoms with Gasteiger partial charge in [0.2, 0.25) is 0 Å². The summed E-state index contributed by atoms with van der Waals surface area (Å²) in [6, 6.07) is 3.79. The molecule has 3 heterocycles. The highest BCUT2D eigenvalue weighted by atomic mass is 16.1. The van der Waals surface area contributed by atoms with Crippen molar-refractivity contribution in [2.75, 3.05) is 5.73 Å². The van der Waals surface area contributed by atoms with Gasteiger partial charge in [0.15, 0.2) is 17.3 Å². The van der Waals surface area contributed by atoms with Crippen molar-refractivity contribution in [2.45, 2.75) is 27.3 Å². The molecule has 0 saturated heterocycles. The number of aryl methyl sites for hydroxylation is 3. The summed E-state index contributed by atoms with van der Waals surface area (Å²) in [4.78, 5) is 25.3. The van der Waals surface area contributed by atoms with Gasteiger partial charge in [-0.3, -0.25) is 9.78 Å². The number of rotatable bonds is 4. The molecule has 25 heavy (non-hydrogen) atoms. The molecule has 0 aliphatic rings. The van der Waals surface area contributed by atoms with E-state index in [0.29, 0.717) is 18.1 Å². The number of pyridine rings is 1. The molecule has 8 nitrogen and oxygen atoms in total. The number of nitrogens with zero attached hydrogens (tertiary/aromatic N) is 5. The van der Waals surface area contributed by atoms with Crippen LogP contribution < -0.4 is 11.1 Å². The first-order valence-corrected chi connectivity index (χ1v) is 7.80. The average Bonchev–Trinajstić information content (AvgIpc) is 3.01. The van der Waals surface area contributed by atoms with Crippen molar-refractivity contribution in [2.24, 2.45) is 0 Å². The Morgan fingerprint density at radius 1 is 1.28 bits per heavy atom. The van der Waals surface area contributed by atoms with E-state index in [0.717, 1.165) is 16.8 Å². The molecule has 0 aromatic carbocycles. The summed E-state index contributed by atoms with van der Waals surface area (Å²) in [5.74, 6) is 0.174. The Morgan fingerprint density at radius 3 is 2.76 bits per heavy atom. The van der Waals surface area contributed by atoms with Crippen molar-refractivity contribution in [1.82, 2.24) is 30.0 Å². The maximum atomic E-state index is 12.4. The molecule has 0 saturated carbocycles. The van der Waals surface area contributed by atoms with Crippen molar-refractivity contribution in [3.63, 3.8) is 0 Å². The Labute approximate surface area is 145 Å². The summed E-state index contributed by atoms with van der Waals surface area (Å²) in [6.45, 7) is 5.93. The third-order valence-corrected chi connectivity index (χ3v) is 3.75. The second-order valence-electron chi connectivity index (χ2n) is 5.78. The van der Waals surface area contributed by atoms with Crippen LogP contribution in [0.4, 0.5) is 5.82 Å². The Morgan fingerprint density at radius 2 is 2.08 bits per heavy atom. The van der Waals surface area contributed by atoms with Crippen LogP contribution in [0.5, 0.6) is 0 Å². The van der Waals surface area contributed by atoms with Crippen LogP contribution in [0.25, 0.3) is 5.82 Å². The number of anilines is 1. The van der Waals surface area contributed by atoms with Crippen LogP contribution in [0, 0.1) is 20.8 Å². The number of nitrogen functional groups attached to an aromatic ring is 1. The van der Waals surface area contributed by atoms with E-state index in [2.05, 4.69) is 25.4 Å². The zero-order chi connectivity index (χ0) is 18.0. The molecular formula is C17H19N7O. The van der Waals surface area contributed by atoms with Gasteiger partial charge in [0.25, 0.3) is 5.91 Å². The van der Waals surface area contributed by atoms with Crippen molar-refractivity contribution in [3.05, 3.63) is 58.9 Å². The second-order valence-corrected chi connectivity index (χ2v) is 5.78. The van der Waals surface area contributed by atoms with E-state index in [-0.39, 0.29) is 17.4 Å². The number of hydrogen-bond donors (Lipinski definition) is 2. The van der Waals surface area contributed by atoms with Crippen LogP contribution in [0.1, 0.15) is 33.0 Å². The Kier molecular flexibility index (Phi) is 4.42. The molecule has 3 N–H and O–H groups in total. The molecule has 0 aliphatic heterocycles. The summed E-state index contributed by atoms with van der Waals surface area (Å²) in [5.41, 5.74) is 9.39. The van der Waals surface area contributed by atoms with E-state index >= 15 is 0 Å². The lowest BCUT2D eigenvalue weighted by Gasteiger charge is -2.11. The Bertz CT molecular complexity index is 932. The second kappa shape index (κ2) is 6.68. The highest BCUT2D eigenvalue weighted by Gasteiger charge is 2.17. The number of carbonyl (C=O) groups is 1. The summed E-state index contributed by atoms with van der Waals surface area (Å²) in [7, 11) is 0. The van der Waals surface area contributed by atoms with Crippen molar-refractivity contribution < 1.29 is 4.79 Å². The zero-order valence-corrected chi connectivity index (χ0v) is 14.3. The smallest absolute Gasteiger partial charge is 0.274 e. The van der Waals surface area contributed by atoms with E-state index in [1.54, 1.807) is 24.0 Å². The number of hydrogen-bond acceptors (Lipinski definition) is 6. The molecule has 0 aliphatic carbocycles. The van der Waals surface area contributed by atoms with Crippen molar-refractivity contribution in [3.8, 4) is 5.82 Å². The summed E-state index contributed by atoms with van der Waals surface area (Å²) in [5, 5.41) is 6.98. The van der Waals surface area contributed by atoms with Gasteiger partial charge in [-0.05, 0) is 38.0 Å². The van der Waals surface area contributed by atoms with Gasteiger partial charge in [0, 0.05) is 12.4 Å². The molecule has 0 atom stereocenters. The molecule has 0 unspecified atom stereocenters. The van der Waals surface area contributed by atoms with Gasteiger partial charge in [0.05, 0.1) is 24.1 Å². The molecule has 8 heteroatoms. The number of carbonyl (C=O) groups excluding carboxylic acids is 1. The fraction of sp³-hybridized carbons (Fsp3) is 0.235. The number of nitrogens with two attached hydrogens (primary N) is 1. The maximum Gasteiger partial charge on any atom is 0.274 e. The van der Waals surface area contributed by atoms with E-state index < -0.39 is 0 Å². The van der Waals surface area contributed by atoms with E-state index in [1.165, 1.54) is 0 Å². The fourth-order valence-corrected chi connectivity index (χ4v) is 2.39. The van der Waals surface area contributed by atoms with Crippen LogP contribution in [0.2, 0.25) is 0 Å². The van der Waals surface area contributed by atoms with Crippen LogP contribution >= 0.6 is 0 Å². The third-order valence-electron chi connectivity index (χ3n) is 3.75. The summed E-state index contributed by atoms with van der Waals surface area (Å²) >= 11 is 0. The van der Waals surface area contributed by atoms with Gasteiger partial charge in [-0.15, -0.1) is 0 Å². The largest absolute Gasteiger partial charge is 0.382 e. The van der Waals surface area contributed by atoms with Gasteiger partial charge in [-0.25, -0.2) is 14.6 Å². The minimum atomic E-state index is -0.388. The number of nitrogens with one attached hydrogen (secondary N) is 1. The summed E-state index contributed by atoms with van der Waals surface area (Å²) < 4.78 is 1.59. The predicted molar refractivity (Wildman–Crippen MR) is 93.2 cm³/mol. The molecular weight excluding hydrogens is 318 g/mol. The number of amides is 1. The van der Waals surface area contributed by atoms with Gasteiger partial charge in [-0.2, -0.15) is 5.10 Å². The lowest BCUT2D eigenvalue weighted by Crippen LogP contribution is -2.27. The Balaban J connectivity index is 1.81. The quantitative estimate of drug-likeness (QED) is 0.746. The molecule has 0 bridgehead atoms. The first kappa shape index (κ1) is 16.6. The predicted octanol–water partition coefficient (Wildman–Crippen LogP) is 1.49. The molecule has 0 radical (unpaired) electrons. The van der Waals surface area contributed by atoms with Crippen LogP contribution in [-0.2, 0) is 6.54 Å². The highest BCUT2D eigenvalue weighted by molar-refractivity contribution is 5.96. The van der Waals surface area contributed by atoms with Gasteiger partial charge < -0.3 is 11.1 Å². The molecule has 0 spiro atoms. The topological polar surface area (TPSA) is 112 Å². The lowest BCUT2D eigenvalue weighted by atomic mass is 10.2. The molecule has 1 amide bonds. The van der Waals surface area contributed by atoms with Crippen molar-refractivity contribution in [1.29, 1.82) is 0 Å². The standard InChI is InChI=1S/C17H19N7O/c1-10-7-21-24(9-10)16-12(3)22-14(15(18)23-16)17(25)20-8-13-11(2)5-4-6-19-13/h4-7,9H,8H2,1-3H3,(H2,18,23)(H,20,25). The van der Waals surface area contributed by atoms with E-state index in [1.807, 2.05) is 32.2 Å². The van der Waals surface area contributed by atoms with Gasteiger partial charge >= 0.3 is 0 Å². The molecule has 3 aromatic rings. The SMILES string of the molecule is Cc1cnn(-c2nc(N)c(C(=O)NCc3ncccc3C)nc2C)c1. The molecule has 0 fully saturated rings. The third kappa shape index (κ3) is 3.47. The Hall–Kier alpha value is -3.29. The fourth-order valence-electron chi connectivity index (χ4n) is 2.39. The first-order valence-electron chi connectivity index (χ1n) is 7.80. The normalized spacial score (nSPS) is 10.7. The van der Waals surface area contributed by atoms with Crippen LogP contribution in [0.15, 0.2) is 30.7 Å². The van der Waals surface area contributed by atoms with Crippen LogP contribution in [-0.4, -0.2) is 30.6 Å². The monoisotopic (exact) mass is 337 g/mol. The highest BCUT2D eigenvalue weighted by Crippen LogP contribution is 2.15. The molecule has 3 aromatic heterocycles. The minimum absolute atomic E-state index is 0.0593. The molecule has 3 rings (SSSR count). The maximum absolute atomic E-state index is 12.4. The minimum Gasteiger partial charge on any atom is -0.382 e. The molecule has 128 valence electrons. The van der Waals surface area contributed by atoms with Crippen LogP contribution in [0.3, 0.4) is 0 Å². The zero-order valence-electron chi connectivity index (χ0n) is 14.3. The van der Waals surface area contributed by atoms with E-state index in [4.69, 9.17) is 5.73 Å². The number of aromatic nitrogens is 5.